The smallest absolute Gasteiger partial charge is 0.336 e. The molecule has 0 radical (unpaired) electrons. The van der Waals surface area contributed by atoms with E-state index in [0.717, 1.165) is 24.3 Å². The molecule has 0 spiro atoms. The van der Waals surface area contributed by atoms with E-state index in [1.807, 2.05) is 11.4 Å². The Kier molecular flexibility index (Phi) is 7.03. The van der Waals surface area contributed by atoms with E-state index in [-0.39, 0.29) is 18.4 Å². The number of benzene rings is 2. The van der Waals surface area contributed by atoms with E-state index in [1.54, 1.807) is 18.2 Å². The molecule has 1 aliphatic rings. The molecule has 1 aliphatic carbocycles. The van der Waals surface area contributed by atoms with Gasteiger partial charge in [0.15, 0.2) is 0 Å². The third-order valence-electron chi connectivity index (χ3n) is 5.35. The van der Waals surface area contributed by atoms with Gasteiger partial charge in [0.2, 0.25) is 5.91 Å². The number of nitrogens with one attached hydrogen (secondary N) is 2. The molecule has 2 atom stereocenters. The standard InChI is InChI=1S/C23H21F6N3O/c24-17-8-6-16(7-9-17)19(23(27,28)29)31-18(20(33)32-21(14-30)10-11-21)13-22(25,26)12-15-4-2-1-3-5-15/h1-9,18-19,31H,10-13H2,(H,32,33)/t18-,19-/m0/s1. The number of hydrogen-bond acceptors (Lipinski definition) is 3. The number of alkyl halides is 5. The normalized spacial score (nSPS) is 17.0. The van der Waals surface area contributed by atoms with E-state index in [1.165, 1.54) is 12.1 Å². The minimum atomic E-state index is -4.96. The van der Waals surface area contributed by atoms with Gasteiger partial charge in [-0.3, -0.25) is 10.1 Å². The lowest BCUT2D eigenvalue weighted by Gasteiger charge is -2.30. The Morgan fingerprint density at radius 1 is 1.03 bits per heavy atom. The van der Waals surface area contributed by atoms with Crippen molar-refractivity contribution in [3.05, 3.63) is 71.5 Å². The Balaban J connectivity index is 1.87. The van der Waals surface area contributed by atoms with Crippen LogP contribution >= 0.6 is 0 Å². The summed E-state index contributed by atoms with van der Waals surface area (Å²) < 4.78 is 84.3. The second-order valence-corrected chi connectivity index (χ2v) is 8.15. The fourth-order valence-corrected chi connectivity index (χ4v) is 3.44. The van der Waals surface area contributed by atoms with Gasteiger partial charge in [-0.05, 0) is 36.1 Å². The van der Waals surface area contributed by atoms with E-state index >= 15 is 0 Å². The lowest BCUT2D eigenvalue weighted by molar-refractivity contribution is -0.163. The quantitative estimate of drug-likeness (QED) is 0.518. The van der Waals surface area contributed by atoms with Crippen LogP contribution in [0.4, 0.5) is 26.3 Å². The van der Waals surface area contributed by atoms with Gasteiger partial charge in [0.05, 0.1) is 12.1 Å². The molecular formula is C23H21F6N3O. The van der Waals surface area contributed by atoms with Crippen LogP contribution in [-0.2, 0) is 11.2 Å². The molecule has 0 aliphatic heterocycles. The summed E-state index contributed by atoms with van der Waals surface area (Å²) in [6, 6.07) is 8.36. The average molecular weight is 469 g/mol. The Bertz CT molecular complexity index is 998. The molecule has 1 fully saturated rings. The van der Waals surface area contributed by atoms with Crippen molar-refractivity contribution in [2.75, 3.05) is 0 Å². The largest absolute Gasteiger partial charge is 0.407 e. The average Bonchev–Trinajstić information content (AvgIpc) is 3.51. The van der Waals surface area contributed by atoms with Crippen LogP contribution in [0.3, 0.4) is 0 Å². The van der Waals surface area contributed by atoms with E-state index in [9.17, 15) is 36.4 Å². The van der Waals surface area contributed by atoms with Crippen molar-refractivity contribution in [2.24, 2.45) is 0 Å². The zero-order chi connectivity index (χ0) is 24.3. The summed E-state index contributed by atoms with van der Waals surface area (Å²) in [5.74, 6) is -5.43. The highest BCUT2D eigenvalue weighted by Crippen LogP contribution is 2.37. The fourth-order valence-electron chi connectivity index (χ4n) is 3.44. The molecule has 33 heavy (non-hydrogen) atoms. The van der Waals surface area contributed by atoms with Crippen molar-refractivity contribution in [1.82, 2.24) is 10.6 Å². The van der Waals surface area contributed by atoms with Crippen molar-refractivity contribution in [2.45, 2.75) is 55.4 Å². The van der Waals surface area contributed by atoms with Gasteiger partial charge in [0.1, 0.15) is 17.4 Å². The van der Waals surface area contributed by atoms with Gasteiger partial charge < -0.3 is 5.32 Å². The predicted octanol–water partition coefficient (Wildman–Crippen LogP) is 4.83. The second kappa shape index (κ2) is 9.43. The Hall–Kier alpha value is -3.06. The third kappa shape index (κ3) is 6.71. The van der Waals surface area contributed by atoms with Crippen molar-refractivity contribution in [1.29, 1.82) is 5.26 Å². The zero-order valence-corrected chi connectivity index (χ0v) is 17.3. The zero-order valence-electron chi connectivity index (χ0n) is 17.3. The van der Waals surface area contributed by atoms with Crippen molar-refractivity contribution in [3.8, 4) is 6.07 Å². The summed E-state index contributed by atoms with van der Waals surface area (Å²) in [5.41, 5.74) is -1.44. The summed E-state index contributed by atoms with van der Waals surface area (Å²) in [5, 5.41) is 13.5. The van der Waals surface area contributed by atoms with Crippen LogP contribution in [0.25, 0.3) is 0 Å². The maximum absolute atomic E-state index is 14.8. The molecule has 0 heterocycles. The first-order valence-electron chi connectivity index (χ1n) is 10.2. The number of hydrogen-bond donors (Lipinski definition) is 2. The van der Waals surface area contributed by atoms with Crippen LogP contribution in [0.1, 0.15) is 36.4 Å². The predicted molar refractivity (Wildman–Crippen MR) is 108 cm³/mol. The number of nitrogens with zero attached hydrogens (tertiary/aromatic N) is 1. The Morgan fingerprint density at radius 3 is 2.15 bits per heavy atom. The molecule has 2 aromatic carbocycles. The van der Waals surface area contributed by atoms with Gasteiger partial charge in [-0.1, -0.05) is 42.5 Å². The van der Waals surface area contributed by atoms with E-state index in [0.29, 0.717) is 0 Å². The summed E-state index contributed by atoms with van der Waals surface area (Å²) in [7, 11) is 0. The van der Waals surface area contributed by atoms with Gasteiger partial charge in [-0.15, -0.1) is 0 Å². The minimum absolute atomic E-state index is 0.253. The summed E-state index contributed by atoms with van der Waals surface area (Å²) in [6.45, 7) is 0. The van der Waals surface area contributed by atoms with Crippen molar-refractivity contribution >= 4 is 5.91 Å². The summed E-state index contributed by atoms with van der Waals surface area (Å²) in [6.07, 6.45) is -6.41. The first-order valence-corrected chi connectivity index (χ1v) is 10.2. The SMILES string of the molecule is N#CC1(NC(=O)[C@H](CC(F)(F)Cc2ccccc2)N[C@@H](c2ccc(F)cc2)C(F)(F)F)CC1. The maximum Gasteiger partial charge on any atom is 0.407 e. The molecule has 0 aromatic heterocycles. The molecule has 1 amide bonds. The molecular weight excluding hydrogens is 448 g/mol. The highest BCUT2D eigenvalue weighted by atomic mass is 19.4. The summed E-state index contributed by atoms with van der Waals surface area (Å²) >= 11 is 0. The molecule has 0 bridgehead atoms. The third-order valence-corrected chi connectivity index (χ3v) is 5.35. The fraction of sp³-hybridized carbons (Fsp3) is 0.391. The van der Waals surface area contributed by atoms with E-state index in [2.05, 4.69) is 5.32 Å². The van der Waals surface area contributed by atoms with Gasteiger partial charge in [-0.25, -0.2) is 13.2 Å². The molecule has 0 unspecified atom stereocenters. The number of halogens is 6. The summed E-state index contributed by atoms with van der Waals surface area (Å²) in [4.78, 5) is 12.8. The van der Waals surface area contributed by atoms with E-state index in [4.69, 9.17) is 0 Å². The van der Waals surface area contributed by atoms with Crippen LogP contribution in [0.15, 0.2) is 54.6 Å². The Labute approximate surface area is 186 Å². The van der Waals surface area contributed by atoms with Crippen LogP contribution in [0, 0.1) is 17.1 Å². The van der Waals surface area contributed by atoms with Crippen LogP contribution in [-0.4, -0.2) is 29.6 Å². The Morgan fingerprint density at radius 2 is 1.64 bits per heavy atom. The van der Waals surface area contributed by atoms with Crippen molar-refractivity contribution in [3.63, 3.8) is 0 Å². The number of nitriles is 1. The topological polar surface area (TPSA) is 64.9 Å². The molecule has 4 nitrogen and oxygen atoms in total. The highest BCUT2D eigenvalue weighted by Gasteiger charge is 2.49. The lowest BCUT2D eigenvalue weighted by atomic mass is 9.98. The monoisotopic (exact) mass is 469 g/mol. The first kappa shape index (κ1) is 24.6. The number of amides is 1. The molecule has 176 valence electrons. The molecule has 10 heteroatoms. The van der Waals surface area contributed by atoms with Gasteiger partial charge >= 0.3 is 6.18 Å². The van der Waals surface area contributed by atoms with Crippen molar-refractivity contribution < 1.29 is 31.1 Å². The minimum Gasteiger partial charge on any atom is -0.336 e. The molecule has 1 saturated carbocycles. The van der Waals surface area contributed by atoms with Crippen LogP contribution in [0.5, 0.6) is 0 Å². The molecule has 2 aromatic rings. The first-order chi connectivity index (χ1) is 15.4. The molecule has 0 saturated heterocycles. The lowest BCUT2D eigenvalue weighted by Crippen LogP contribution is -2.53. The number of rotatable bonds is 9. The van der Waals surface area contributed by atoms with Crippen LogP contribution in [0.2, 0.25) is 0 Å². The maximum atomic E-state index is 14.8. The second-order valence-electron chi connectivity index (χ2n) is 8.15. The van der Waals surface area contributed by atoms with Crippen LogP contribution < -0.4 is 10.6 Å². The van der Waals surface area contributed by atoms with Gasteiger partial charge in [0, 0.05) is 12.8 Å². The van der Waals surface area contributed by atoms with Gasteiger partial charge in [0.25, 0.3) is 5.92 Å². The highest BCUT2D eigenvalue weighted by molar-refractivity contribution is 5.83. The number of carbonyl (C=O) groups is 1. The van der Waals surface area contributed by atoms with E-state index < -0.39 is 59.9 Å². The van der Waals surface area contributed by atoms with Gasteiger partial charge in [-0.2, -0.15) is 18.4 Å². The number of carbonyl (C=O) groups excluding carboxylic acids is 1. The molecule has 2 N–H and O–H groups in total. The molecule has 3 rings (SSSR count).